The minimum atomic E-state index is -0.140. The van der Waals surface area contributed by atoms with E-state index >= 15 is 0 Å². The average Bonchev–Trinajstić information content (AvgIpc) is 3.22. The minimum absolute atomic E-state index is 0. The van der Waals surface area contributed by atoms with Gasteiger partial charge in [-0.05, 0) is 30.9 Å². The van der Waals surface area contributed by atoms with Crippen molar-refractivity contribution in [2.45, 2.75) is 50.3 Å². The number of carbonyl (C=O) groups is 1. The Kier molecular flexibility index (Phi) is 11.3. The van der Waals surface area contributed by atoms with Gasteiger partial charge in [-0.25, -0.2) is 4.39 Å². The standard InChI is InChI=1S/C22H33FN4OS.HI/c1-24-22(25-12-14-29-16-18-9-5-6-10-20(18)23)26-19-11-13-27(15-19)21(28)17-7-3-2-4-8-17;/h5-6,9-10,17,19H,2-4,7-8,11-16H2,1H3,(H2,24,25,26);1H. The molecule has 0 spiro atoms. The Morgan fingerprint density at radius 1 is 1.23 bits per heavy atom. The lowest BCUT2D eigenvalue weighted by Gasteiger charge is -2.26. The number of nitrogens with zero attached hydrogens (tertiary/aromatic N) is 2. The zero-order chi connectivity index (χ0) is 20.5. The molecule has 2 fully saturated rings. The molecule has 1 unspecified atom stereocenters. The van der Waals surface area contributed by atoms with Crippen LogP contribution in [0.15, 0.2) is 29.3 Å². The molecule has 30 heavy (non-hydrogen) atoms. The van der Waals surface area contributed by atoms with Crippen molar-refractivity contribution < 1.29 is 9.18 Å². The molecule has 1 saturated heterocycles. The van der Waals surface area contributed by atoms with Gasteiger partial charge in [0.15, 0.2) is 5.96 Å². The van der Waals surface area contributed by atoms with Gasteiger partial charge in [0.2, 0.25) is 5.91 Å². The molecule has 1 aliphatic heterocycles. The van der Waals surface area contributed by atoms with E-state index in [0.717, 1.165) is 56.2 Å². The first-order chi connectivity index (χ1) is 14.2. The van der Waals surface area contributed by atoms with Crippen molar-refractivity contribution in [3.63, 3.8) is 0 Å². The number of hydrogen-bond acceptors (Lipinski definition) is 3. The molecule has 0 aromatic heterocycles. The van der Waals surface area contributed by atoms with Gasteiger partial charge in [0.1, 0.15) is 5.82 Å². The van der Waals surface area contributed by atoms with E-state index in [-0.39, 0.29) is 41.8 Å². The smallest absolute Gasteiger partial charge is 0.225 e. The lowest BCUT2D eigenvalue weighted by Crippen LogP contribution is -2.46. The van der Waals surface area contributed by atoms with Gasteiger partial charge in [-0.15, -0.1) is 24.0 Å². The number of thioether (sulfide) groups is 1. The average molecular weight is 549 g/mol. The van der Waals surface area contributed by atoms with Crippen molar-refractivity contribution in [2.24, 2.45) is 10.9 Å². The van der Waals surface area contributed by atoms with Gasteiger partial charge in [-0.1, -0.05) is 37.5 Å². The topological polar surface area (TPSA) is 56.7 Å². The Morgan fingerprint density at radius 2 is 2.00 bits per heavy atom. The van der Waals surface area contributed by atoms with Crippen molar-refractivity contribution in [1.29, 1.82) is 0 Å². The van der Waals surface area contributed by atoms with E-state index in [1.54, 1.807) is 24.9 Å². The number of aliphatic imine (C=N–C) groups is 1. The zero-order valence-corrected chi connectivity index (χ0v) is 20.9. The van der Waals surface area contributed by atoms with Crippen LogP contribution in [0.1, 0.15) is 44.1 Å². The van der Waals surface area contributed by atoms with E-state index in [1.165, 1.54) is 25.3 Å². The highest BCUT2D eigenvalue weighted by Crippen LogP contribution is 2.26. The van der Waals surface area contributed by atoms with E-state index in [2.05, 4.69) is 15.6 Å². The molecule has 1 saturated carbocycles. The molecule has 5 nitrogen and oxygen atoms in total. The molecular weight excluding hydrogens is 514 g/mol. The third kappa shape index (κ3) is 7.59. The van der Waals surface area contributed by atoms with Crippen molar-refractivity contribution >= 4 is 47.6 Å². The molecule has 0 bridgehead atoms. The summed E-state index contributed by atoms with van der Waals surface area (Å²) in [5, 5.41) is 6.77. The second-order valence-corrected chi connectivity index (χ2v) is 9.00. The third-order valence-electron chi connectivity index (χ3n) is 5.77. The number of hydrogen-bond donors (Lipinski definition) is 2. The minimum Gasteiger partial charge on any atom is -0.356 e. The van der Waals surface area contributed by atoms with Gasteiger partial charge < -0.3 is 15.5 Å². The van der Waals surface area contributed by atoms with Gasteiger partial charge in [0, 0.05) is 50.1 Å². The van der Waals surface area contributed by atoms with Crippen LogP contribution >= 0.6 is 35.7 Å². The Morgan fingerprint density at radius 3 is 2.73 bits per heavy atom. The maximum absolute atomic E-state index is 13.6. The fraction of sp³-hybridized carbons (Fsp3) is 0.636. The van der Waals surface area contributed by atoms with Gasteiger partial charge in [0.05, 0.1) is 0 Å². The van der Waals surface area contributed by atoms with E-state index in [1.807, 2.05) is 17.0 Å². The van der Waals surface area contributed by atoms with Crippen LogP contribution in [-0.4, -0.2) is 55.2 Å². The molecular formula is C22H34FIN4OS. The summed E-state index contributed by atoms with van der Waals surface area (Å²) in [6, 6.07) is 7.17. The van der Waals surface area contributed by atoms with Crippen LogP contribution in [0, 0.1) is 11.7 Å². The first kappa shape index (κ1) is 25.2. The summed E-state index contributed by atoms with van der Waals surface area (Å²) in [7, 11) is 1.77. The molecule has 2 N–H and O–H groups in total. The van der Waals surface area contributed by atoms with Crippen molar-refractivity contribution in [1.82, 2.24) is 15.5 Å². The normalized spacial score (nSPS) is 20.0. The predicted molar refractivity (Wildman–Crippen MR) is 134 cm³/mol. The molecule has 3 rings (SSSR count). The first-order valence-electron chi connectivity index (χ1n) is 10.7. The predicted octanol–water partition coefficient (Wildman–Crippen LogP) is 4.02. The maximum Gasteiger partial charge on any atom is 0.225 e. The van der Waals surface area contributed by atoms with E-state index in [4.69, 9.17) is 0 Å². The first-order valence-corrected chi connectivity index (χ1v) is 11.9. The molecule has 0 radical (unpaired) electrons. The Bertz CT molecular complexity index is 699. The summed E-state index contributed by atoms with van der Waals surface area (Å²) < 4.78 is 13.6. The van der Waals surface area contributed by atoms with Crippen LogP contribution in [0.4, 0.5) is 4.39 Å². The highest BCUT2D eigenvalue weighted by Gasteiger charge is 2.31. The number of carbonyl (C=O) groups excluding carboxylic acids is 1. The van der Waals surface area contributed by atoms with Crippen LogP contribution in [0.25, 0.3) is 0 Å². The summed E-state index contributed by atoms with van der Waals surface area (Å²) in [6.07, 6.45) is 6.73. The van der Waals surface area contributed by atoms with Gasteiger partial charge >= 0.3 is 0 Å². The SMILES string of the molecule is CN=C(NCCSCc1ccccc1F)NC1CCN(C(=O)C2CCCCC2)C1.I. The fourth-order valence-electron chi connectivity index (χ4n) is 4.11. The van der Waals surface area contributed by atoms with E-state index in [9.17, 15) is 9.18 Å². The van der Waals surface area contributed by atoms with E-state index in [0.29, 0.717) is 11.7 Å². The second-order valence-electron chi connectivity index (χ2n) is 7.89. The van der Waals surface area contributed by atoms with Crippen LogP contribution in [-0.2, 0) is 10.5 Å². The van der Waals surface area contributed by atoms with Gasteiger partial charge in [-0.3, -0.25) is 9.79 Å². The van der Waals surface area contributed by atoms with Gasteiger partial charge in [0.25, 0.3) is 0 Å². The number of guanidine groups is 1. The maximum atomic E-state index is 13.6. The summed E-state index contributed by atoms with van der Waals surface area (Å²) in [6.45, 7) is 2.36. The van der Waals surface area contributed by atoms with Crippen LogP contribution < -0.4 is 10.6 Å². The Labute approximate surface area is 201 Å². The summed E-state index contributed by atoms with van der Waals surface area (Å²) >= 11 is 1.70. The zero-order valence-electron chi connectivity index (χ0n) is 17.7. The number of benzene rings is 1. The second kappa shape index (κ2) is 13.4. The molecule has 1 aromatic rings. The highest BCUT2D eigenvalue weighted by atomic mass is 127. The lowest BCUT2D eigenvalue weighted by atomic mass is 9.88. The molecule has 1 aromatic carbocycles. The van der Waals surface area contributed by atoms with Crippen molar-refractivity contribution in [3.05, 3.63) is 35.6 Å². The Balaban J connectivity index is 0.00000320. The quantitative estimate of drug-likeness (QED) is 0.234. The molecule has 1 amide bonds. The lowest BCUT2D eigenvalue weighted by molar-refractivity contribution is -0.135. The van der Waals surface area contributed by atoms with Crippen molar-refractivity contribution in [3.8, 4) is 0 Å². The van der Waals surface area contributed by atoms with Crippen LogP contribution in [0.2, 0.25) is 0 Å². The van der Waals surface area contributed by atoms with E-state index < -0.39 is 0 Å². The van der Waals surface area contributed by atoms with Crippen LogP contribution in [0.5, 0.6) is 0 Å². The van der Waals surface area contributed by atoms with Crippen molar-refractivity contribution in [2.75, 3.05) is 32.4 Å². The third-order valence-corrected chi connectivity index (χ3v) is 6.78. The largest absolute Gasteiger partial charge is 0.356 e. The number of rotatable bonds is 7. The molecule has 8 heteroatoms. The Hall–Kier alpha value is -1.03. The summed E-state index contributed by atoms with van der Waals surface area (Å²) in [4.78, 5) is 19.0. The number of likely N-dealkylation sites (tertiary alicyclic amines) is 1. The van der Waals surface area contributed by atoms with Gasteiger partial charge in [-0.2, -0.15) is 11.8 Å². The fourth-order valence-corrected chi connectivity index (χ4v) is 4.96. The summed E-state index contributed by atoms with van der Waals surface area (Å²) in [5.74, 6) is 2.76. The number of amides is 1. The molecule has 1 aliphatic carbocycles. The number of nitrogens with one attached hydrogen (secondary N) is 2. The highest BCUT2D eigenvalue weighted by molar-refractivity contribution is 14.0. The molecule has 168 valence electrons. The molecule has 1 atom stereocenters. The van der Waals surface area contributed by atoms with Crippen LogP contribution in [0.3, 0.4) is 0 Å². The molecule has 2 aliphatic rings. The monoisotopic (exact) mass is 548 g/mol. The molecule has 1 heterocycles. The number of halogens is 2. The summed E-state index contributed by atoms with van der Waals surface area (Å²) in [5.41, 5.74) is 0.744.